The maximum atomic E-state index is 13.5. The first-order valence-electron chi connectivity index (χ1n) is 14.0. The number of halogens is 1. The van der Waals surface area contributed by atoms with Crippen molar-refractivity contribution in [1.82, 2.24) is 19.1 Å². The van der Waals surface area contributed by atoms with Crippen LogP contribution in [0.3, 0.4) is 0 Å². The minimum absolute atomic E-state index is 0.0896. The maximum absolute atomic E-state index is 13.5. The second-order valence-electron chi connectivity index (χ2n) is 11.4. The summed E-state index contributed by atoms with van der Waals surface area (Å²) < 4.78 is 35.8. The van der Waals surface area contributed by atoms with Crippen LogP contribution in [0.5, 0.6) is 0 Å². The average Bonchev–Trinajstić information content (AvgIpc) is 3.30. The summed E-state index contributed by atoms with van der Waals surface area (Å²) in [6.07, 6.45) is 2.48. The Morgan fingerprint density at radius 3 is 2.41 bits per heavy atom. The molecule has 2 aromatic carbocycles. The Labute approximate surface area is 240 Å². The van der Waals surface area contributed by atoms with Crippen LogP contribution in [-0.4, -0.2) is 58.6 Å². The van der Waals surface area contributed by atoms with Gasteiger partial charge < -0.3 is 18.9 Å². The van der Waals surface area contributed by atoms with E-state index < -0.39 is 13.6 Å². The molecule has 2 aromatic heterocycles. The molecule has 1 saturated heterocycles. The molecule has 0 radical (unpaired) electrons. The van der Waals surface area contributed by atoms with Crippen LogP contribution in [-0.2, 0) is 15.6 Å². The summed E-state index contributed by atoms with van der Waals surface area (Å²) >= 11 is 0. The molecule has 0 aliphatic carbocycles. The molecule has 4 aromatic rings. The van der Waals surface area contributed by atoms with E-state index in [4.69, 9.17) is 9.51 Å². The molecule has 0 amide bonds. The lowest BCUT2D eigenvalue weighted by Crippen LogP contribution is -2.46. The Balaban J connectivity index is 1.39. The molecular weight excluding hydrogens is 542 g/mol. The van der Waals surface area contributed by atoms with E-state index in [-0.39, 0.29) is 23.3 Å². The van der Waals surface area contributed by atoms with Crippen LogP contribution in [0, 0.1) is 11.7 Å². The van der Waals surface area contributed by atoms with E-state index in [2.05, 4.69) is 25.4 Å². The van der Waals surface area contributed by atoms with Crippen LogP contribution in [0.2, 0.25) is 0 Å². The Bertz CT molecular complexity index is 1600. The lowest BCUT2D eigenvalue weighted by Gasteiger charge is -2.39. The van der Waals surface area contributed by atoms with Gasteiger partial charge in [0.1, 0.15) is 12.0 Å². The summed E-state index contributed by atoms with van der Waals surface area (Å²) in [6.45, 7) is 9.13. The first kappa shape index (κ1) is 29.0. The topological polar surface area (TPSA) is 85.5 Å². The Morgan fingerprint density at radius 2 is 1.76 bits per heavy atom. The Morgan fingerprint density at radius 1 is 1.07 bits per heavy atom. The van der Waals surface area contributed by atoms with Crippen molar-refractivity contribution >= 4 is 30.3 Å². The van der Waals surface area contributed by atoms with Crippen molar-refractivity contribution < 1.29 is 13.5 Å². The second-order valence-corrected chi connectivity index (χ2v) is 14.1. The number of hydrogen-bond donors (Lipinski definition) is 0. The van der Waals surface area contributed by atoms with E-state index in [1.807, 2.05) is 51.2 Å². The molecule has 0 spiro atoms. The van der Waals surface area contributed by atoms with E-state index in [9.17, 15) is 13.8 Å². The predicted octanol–water partition coefficient (Wildman–Crippen LogP) is 5.59. The van der Waals surface area contributed by atoms with Gasteiger partial charge in [0.15, 0.2) is 7.37 Å². The standard InChI is InChI=1S/C30H38FN6O3P/c1-21(2)28(40-41(4,5)39)37-27(38)14-17-32-29(37)34(3)24-15-18-35(19-16-24)30-33-25-8-6-7-9-26(25)36(30)20-22-10-12-23(31)13-11-22/h6-14,17,21,24,28H,15-16,18-20H2,1-5H3. The summed E-state index contributed by atoms with van der Waals surface area (Å²) in [6, 6.07) is 16.2. The van der Waals surface area contributed by atoms with Crippen molar-refractivity contribution in [3.63, 3.8) is 0 Å². The fraction of sp³-hybridized carbons (Fsp3) is 0.433. The van der Waals surface area contributed by atoms with Crippen LogP contribution in [0.4, 0.5) is 16.3 Å². The summed E-state index contributed by atoms with van der Waals surface area (Å²) in [4.78, 5) is 27.0. The third kappa shape index (κ3) is 6.39. The third-order valence-electron chi connectivity index (χ3n) is 7.55. The fourth-order valence-electron chi connectivity index (χ4n) is 5.48. The van der Waals surface area contributed by atoms with Gasteiger partial charge in [-0.1, -0.05) is 38.1 Å². The normalized spacial score (nSPS) is 15.5. The van der Waals surface area contributed by atoms with E-state index in [1.165, 1.54) is 24.4 Å². The van der Waals surface area contributed by atoms with Crippen molar-refractivity contribution in [1.29, 1.82) is 0 Å². The van der Waals surface area contributed by atoms with E-state index in [0.717, 1.165) is 48.5 Å². The van der Waals surface area contributed by atoms with Crippen molar-refractivity contribution in [3.8, 4) is 0 Å². The van der Waals surface area contributed by atoms with Crippen LogP contribution in [0.1, 0.15) is 38.5 Å². The first-order chi connectivity index (χ1) is 19.5. The van der Waals surface area contributed by atoms with Gasteiger partial charge in [-0.05, 0) is 48.6 Å². The molecule has 3 heterocycles. The van der Waals surface area contributed by atoms with Crippen molar-refractivity contribution in [3.05, 3.63) is 82.5 Å². The van der Waals surface area contributed by atoms with Crippen molar-refractivity contribution in [2.75, 3.05) is 43.3 Å². The van der Waals surface area contributed by atoms with E-state index >= 15 is 0 Å². The van der Waals surface area contributed by atoms with Gasteiger partial charge in [-0.2, -0.15) is 0 Å². The third-order valence-corrected chi connectivity index (χ3v) is 8.27. The summed E-state index contributed by atoms with van der Waals surface area (Å²) in [5, 5.41) is 0. The average molecular weight is 581 g/mol. The minimum Gasteiger partial charge on any atom is -0.342 e. The molecule has 9 nitrogen and oxygen atoms in total. The maximum Gasteiger partial charge on any atom is 0.257 e. The smallest absolute Gasteiger partial charge is 0.257 e. The molecule has 1 atom stereocenters. The van der Waals surface area contributed by atoms with Crippen LogP contribution < -0.4 is 15.4 Å². The van der Waals surface area contributed by atoms with E-state index in [0.29, 0.717) is 12.5 Å². The fourth-order valence-corrected chi connectivity index (χ4v) is 6.34. The highest BCUT2D eigenvalue weighted by Crippen LogP contribution is 2.44. The summed E-state index contributed by atoms with van der Waals surface area (Å²) in [7, 11) is -0.916. The number of imidazole rings is 1. The number of rotatable bonds is 9. The van der Waals surface area contributed by atoms with Gasteiger partial charge in [0.25, 0.3) is 5.56 Å². The Kier molecular flexibility index (Phi) is 8.34. The van der Waals surface area contributed by atoms with Crippen molar-refractivity contribution in [2.24, 2.45) is 5.92 Å². The molecule has 1 fully saturated rings. The number of piperidine rings is 1. The van der Waals surface area contributed by atoms with Gasteiger partial charge in [-0.25, -0.2) is 14.4 Å². The Hall–Kier alpha value is -3.49. The number of anilines is 2. The van der Waals surface area contributed by atoms with Gasteiger partial charge >= 0.3 is 0 Å². The molecular formula is C30H38FN6O3P. The van der Waals surface area contributed by atoms with Gasteiger partial charge in [0.05, 0.1) is 17.6 Å². The highest BCUT2D eigenvalue weighted by Gasteiger charge is 2.31. The molecule has 1 unspecified atom stereocenters. The second kappa shape index (κ2) is 11.8. The zero-order valence-electron chi connectivity index (χ0n) is 24.3. The number of fused-ring (bicyclic) bond motifs is 1. The molecule has 41 heavy (non-hydrogen) atoms. The molecule has 0 bridgehead atoms. The predicted molar refractivity (Wildman–Crippen MR) is 162 cm³/mol. The number of hydrogen-bond acceptors (Lipinski definition) is 7. The lowest BCUT2D eigenvalue weighted by atomic mass is 10.0. The number of aromatic nitrogens is 4. The van der Waals surface area contributed by atoms with Crippen LogP contribution in [0.15, 0.2) is 65.6 Å². The molecule has 1 aliphatic heterocycles. The molecule has 11 heteroatoms. The lowest BCUT2D eigenvalue weighted by molar-refractivity contribution is 0.0852. The van der Waals surface area contributed by atoms with Gasteiger partial charge in [-0.3, -0.25) is 13.9 Å². The molecule has 0 N–H and O–H groups in total. The van der Waals surface area contributed by atoms with Crippen molar-refractivity contribution in [2.45, 2.75) is 45.5 Å². The number of nitrogens with zero attached hydrogens (tertiary/aromatic N) is 6. The summed E-state index contributed by atoms with van der Waals surface area (Å²) in [5.41, 5.74) is 2.72. The van der Waals surface area contributed by atoms with E-state index in [1.54, 1.807) is 17.9 Å². The summed E-state index contributed by atoms with van der Waals surface area (Å²) in [5.74, 6) is 1.06. The zero-order valence-corrected chi connectivity index (χ0v) is 25.2. The van der Waals surface area contributed by atoms with Crippen LogP contribution >= 0.6 is 7.37 Å². The number of benzene rings is 2. The monoisotopic (exact) mass is 580 g/mol. The largest absolute Gasteiger partial charge is 0.342 e. The van der Waals surface area contributed by atoms with Gasteiger partial charge in [-0.15, -0.1) is 0 Å². The number of para-hydroxylation sites is 2. The van der Waals surface area contributed by atoms with Crippen LogP contribution in [0.25, 0.3) is 11.0 Å². The minimum atomic E-state index is -2.87. The zero-order chi connectivity index (χ0) is 29.3. The quantitative estimate of drug-likeness (QED) is 0.239. The first-order valence-corrected chi connectivity index (χ1v) is 16.5. The molecule has 0 saturated carbocycles. The highest BCUT2D eigenvalue weighted by atomic mass is 31.2. The molecule has 218 valence electrons. The van der Waals surface area contributed by atoms with Gasteiger partial charge in [0, 0.05) is 51.8 Å². The SMILES string of the molecule is CC(C)C(OP(C)(C)=O)n1c(N(C)C2CCN(c3nc4ccccc4n3Cc3ccc(F)cc3)CC2)nccc1=O. The van der Waals surface area contributed by atoms with Gasteiger partial charge in [0.2, 0.25) is 11.9 Å². The molecule has 5 rings (SSSR count). The molecule has 1 aliphatic rings. The highest BCUT2D eigenvalue weighted by molar-refractivity contribution is 7.57.